The number of nitrogens with one attached hydrogen (secondary N) is 1. The molecule has 0 saturated carbocycles. The number of anilines is 2. The van der Waals surface area contributed by atoms with Gasteiger partial charge in [-0.1, -0.05) is 0 Å². The van der Waals surface area contributed by atoms with Gasteiger partial charge in [-0.05, 0) is 46.8 Å². The molecule has 0 amide bonds. The third-order valence-corrected chi connectivity index (χ3v) is 3.04. The predicted octanol–water partition coefficient (Wildman–Crippen LogP) is 2.91. The minimum atomic E-state index is -0.0828. The van der Waals surface area contributed by atoms with Crippen LogP contribution in [-0.4, -0.2) is 35.8 Å². The second-order valence-corrected chi connectivity index (χ2v) is 6.81. The molecule has 1 aromatic rings. The average Bonchev–Trinajstić information content (AvgIpc) is 2.26. The third kappa shape index (κ3) is 4.10. The van der Waals surface area contributed by atoms with Crippen LogP contribution >= 0.6 is 0 Å². The van der Waals surface area contributed by atoms with E-state index in [0.29, 0.717) is 0 Å². The standard InChI is InChI=1S/C15H25N3O/c1-14(2,3)17-13-7-6-12(10-16-13)18-8-9-19-15(4,5)11-18/h6-7,10H,8-9,11H2,1-5H3,(H,16,17). The topological polar surface area (TPSA) is 37.4 Å². The van der Waals surface area contributed by atoms with Gasteiger partial charge in [0, 0.05) is 18.6 Å². The van der Waals surface area contributed by atoms with Gasteiger partial charge in [0.05, 0.1) is 24.1 Å². The molecular weight excluding hydrogens is 238 g/mol. The molecule has 1 aliphatic heterocycles. The van der Waals surface area contributed by atoms with Crippen molar-refractivity contribution >= 4 is 11.5 Å². The monoisotopic (exact) mass is 263 g/mol. The van der Waals surface area contributed by atoms with Gasteiger partial charge in [0.25, 0.3) is 0 Å². The van der Waals surface area contributed by atoms with E-state index in [2.05, 4.69) is 55.9 Å². The minimum absolute atomic E-state index is 0.0372. The van der Waals surface area contributed by atoms with Crippen LogP contribution in [0.15, 0.2) is 18.3 Å². The normalized spacial score (nSPS) is 19.3. The number of pyridine rings is 1. The highest BCUT2D eigenvalue weighted by Gasteiger charge is 2.27. The maximum atomic E-state index is 5.73. The summed E-state index contributed by atoms with van der Waals surface area (Å²) in [5.74, 6) is 0.920. The third-order valence-electron chi connectivity index (χ3n) is 3.04. The van der Waals surface area contributed by atoms with Crippen LogP contribution in [0.25, 0.3) is 0 Å². The Morgan fingerprint density at radius 1 is 1.32 bits per heavy atom. The van der Waals surface area contributed by atoms with Gasteiger partial charge in [-0.15, -0.1) is 0 Å². The van der Waals surface area contributed by atoms with Crippen molar-refractivity contribution in [2.75, 3.05) is 29.9 Å². The lowest BCUT2D eigenvalue weighted by atomic mass is 10.1. The van der Waals surface area contributed by atoms with E-state index < -0.39 is 0 Å². The lowest BCUT2D eigenvalue weighted by Crippen LogP contribution is -2.48. The summed E-state index contributed by atoms with van der Waals surface area (Å²) in [6.07, 6.45) is 1.94. The molecule has 0 spiro atoms. The Bertz CT molecular complexity index is 420. The van der Waals surface area contributed by atoms with Crippen LogP contribution in [0.4, 0.5) is 11.5 Å². The van der Waals surface area contributed by atoms with Gasteiger partial charge in [0.2, 0.25) is 0 Å². The highest BCUT2D eigenvalue weighted by Crippen LogP contribution is 2.23. The summed E-state index contributed by atoms with van der Waals surface area (Å²) in [7, 11) is 0. The first-order chi connectivity index (χ1) is 8.75. The van der Waals surface area contributed by atoms with Gasteiger partial charge < -0.3 is 15.0 Å². The van der Waals surface area contributed by atoms with E-state index in [-0.39, 0.29) is 11.1 Å². The molecule has 1 fully saturated rings. The highest BCUT2D eigenvalue weighted by molar-refractivity contribution is 5.50. The van der Waals surface area contributed by atoms with Crippen LogP contribution in [0.1, 0.15) is 34.6 Å². The maximum absolute atomic E-state index is 5.73. The van der Waals surface area contributed by atoms with Crippen LogP contribution in [0.2, 0.25) is 0 Å². The molecule has 0 radical (unpaired) electrons. The molecule has 4 nitrogen and oxygen atoms in total. The molecular formula is C15H25N3O. The molecule has 0 unspecified atom stereocenters. The van der Waals surface area contributed by atoms with Crippen LogP contribution in [0, 0.1) is 0 Å². The fraction of sp³-hybridized carbons (Fsp3) is 0.667. The number of ether oxygens (including phenoxy) is 1. The molecule has 0 aromatic carbocycles. The van der Waals surface area contributed by atoms with Crippen molar-refractivity contribution in [2.24, 2.45) is 0 Å². The summed E-state index contributed by atoms with van der Waals surface area (Å²) in [4.78, 5) is 6.82. The Hall–Kier alpha value is -1.29. The Balaban J connectivity index is 2.06. The van der Waals surface area contributed by atoms with Gasteiger partial charge in [0.15, 0.2) is 0 Å². The molecule has 2 heterocycles. The number of hydrogen-bond acceptors (Lipinski definition) is 4. The van der Waals surface area contributed by atoms with E-state index in [4.69, 9.17) is 4.74 Å². The van der Waals surface area contributed by atoms with Gasteiger partial charge in [-0.2, -0.15) is 0 Å². The molecule has 1 N–H and O–H groups in total. The molecule has 0 atom stereocenters. The van der Waals surface area contributed by atoms with E-state index in [0.717, 1.165) is 31.2 Å². The summed E-state index contributed by atoms with van der Waals surface area (Å²) < 4.78 is 5.73. The zero-order chi connectivity index (χ0) is 14.1. The summed E-state index contributed by atoms with van der Waals surface area (Å²) >= 11 is 0. The first kappa shape index (κ1) is 14.1. The zero-order valence-electron chi connectivity index (χ0n) is 12.7. The summed E-state index contributed by atoms with van der Waals surface area (Å²) in [6.45, 7) is 13.3. The number of morpholine rings is 1. The molecule has 1 aromatic heterocycles. The van der Waals surface area contributed by atoms with Crippen molar-refractivity contribution < 1.29 is 4.74 Å². The second-order valence-electron chi connectivity index (χ2n) is 6.81. The molecule has 4 heteroatoms. The Kier molecular flexibility index (Phi) is 3.72. The predicted molar refractivity (Wildman–Crippen MR) is 79.9 cm³/mol. The van der Waals surface area contributed by atoms with Crippen molar-refractivity contribution in [3.8, 4) is 0 Å². The van der Waals surface area contributed by atoms with Crippen molar-refractivity contribution in [3.63, 3.8) is 0 Å². The molecule has 106 valence electrons. The molecule has 19 heavy (non-hydrogen) atoms. The fourth-order valence-electron chi connectivity index (χ4n) is 2.27. The highest BCUT2D eigenvalue weighted by atomic mass is 16.5. The molecule has 0 aliphatic carbocycles. The van der Waals surface area contributed by atoms with Gasteiger partial charge in [-0.25, -0.2) is 4.98 Å². The van der Waals surface area contributed by atoms with E-state index in [1.54, 1.807) is 0 Å². The molecule has 2 rings (SSSR count). The van der Waals surface area contributed by atoms with Gasteiger partial charge in [-0.3, -0.25) is 0 Å². The van der Waals surface area contributed by atoms with E-state index in [9.17, 15) is 0 Å². The van der Waals surface area contributed by atoms with Crippen LogP contribution < -0.4 is 10.2 Å². The average molecular weight is 263 g/mol. The lowest BCUT2D eigenvalue weighted by Gasteiger charge is -2.39. The Morgan fingerprint density at radius 2 is 2.05 bits per heavy atom. The summed E-state index contributed by atoms with van der Waals surface area (Å²) in [5, 5.41) is 3.37. The number of hydrogen-bond donors (Lipinski definition) is 1. The first-order valence-electron chi connectivity index (χ1n) is 6.88. The first-order valence-corrected chi connectivity index (χ1v) is 6.88. The number of aromatic nitrogens is 1. The van der Waals surface area contributed by atoms with Crippen molar-refractivity contribution in [3.05, 3.63) is 18.3 Å². The summed E-state index contributed by atoms with van der Waals surface area (Å²) in [6, 6.07) is 4.17. The number of nitrogens with zero attached hydrogens (tertiary/aromatic N) is 2. The number of rotatable bonds is 2. The van der Waals surface area contributed by atoms with Crippen LogP contribution in [-0.2, 0) is 4.74 Å². The van der Waals surface area contributed by atoms with Crippen molar-refractivity contribution in [1.29, 1.82) is 0 Å². The van der Waals surface area contributed by atoms with Gasteiger partial charge >= 0.3 is 0 Å². The maximum Gasteiger partial charge on any atom is 0.126 e. The molecule has 1 saturated heterocycles. The Morgan fingerprint density at radius 3 is 2.58 bits per heavy atom. The van der Waals surface area contributed by atoms with Crippen molar-refractivity contribution in [2.45, 2.75) is 45.8 Å². The zero-order valence-corrected chi connectivity index (χ0v) is 12.7. The van der Waals surface area contributed by atoms with Crippen LogP contribution in [0.3, 0.4) is 0 Å². The van der Waals surface area contributed by atoms with Crippen LogP contribution in [0.5, 0.6) is 0 Å². The molecule has 0 bridgehead atoms. The Labute approximate surface area is 116 Å². The fourth-order valence-corrected chi connectivity index (χ4v) is 2.27. The van der Waals surface area contributed by atoms with Crippen molar-refractivity contribution in [1.82, 2.24) is 4.98 Å². The van der Waals surface area contributed by atoms with E-state index in [1.807, 2.05) is 12.3 Å². The largest absolute Gasteiger partial charge is 0.372 e. The smallest absolute Gasteiger partial charge is 0.126 e. The van der Waals surface area contributed by atoms with E-state index in [1.165, 1.54) is 0 Å². The second kappa shape index (κ2) is 5.00. The summed E-state index contributed by atoms with van der Waals surface area (Å²) in [5.41, 5.74) is 1.12. The quantitative estimate of drug-likeness (QED) is 0.890. The SMILES string of the molecule is CC(C)(C)Nc1ccc(N2CCOC(C)(C)C2)cn1. The van der Waals surface area contributed by atoms with E-state index >= 15 is 0 Å². The molecule has 1 aliphatic rings. The lowest BCUT2D eigenvalue weighted by molar-refractivity contribution is -0.0277. The van der Waals surface area contributed by atoms with Gasteiger partial charge in [0.1, 0.15) is 5.82 Å². The minimum Gasteiger partial charge on any atom is -0.372 e.